The zero-order chi connectivity index (χ0) is 14.9. The van der Waals surface area contributed by atoms with Gasteiger partial charge in [-0.1, -0.05) is 30.3 Å². The molecule has 110 valence electrons. The maximum absolute atomic E-state index is 11.7. The number of nitrogens with zero attached hydrogens (tertiary/aromatic N) is 2. The van der Waals surface area contributed by atoms with E-state index in [9.17, 15) is 9.90 Å². The number of amides is 1. The van der Waals surface area contributed by atoms with Crippen molar-refractivity contribution in [2.24, 2.45) is 0 Å². The lowest BCUT2D eigenvalue weighted by atomic mass is 9.90. The van der Waals surface area contributed by atoms with Crippen LogP contribution in [0.25, 0.3) is 0 Å². The Morgan fingerprint density at radius 1 is 1.25 bits per heavy atom. The number of rotatable bonds is 2. The number of likely N-dealkylation sites (N-methyl/N-ethyl adjacent to an activating group) is 1. The first-order valence-electron chi connectivity index (χ1n) is 7.06. The lowest BCUT2D eigenvalue weighted by Gasteiger charge is -2.40. The highest BCUT2D eigenvalue weighted by Gasteiger charge is 2.42. The fraction of sp³-hybridized carbons (Fsp3) is 0.562. The van der Waals surface area contributed by atoms with Crippen molar-refractivity contribution < 1.29 is 9.90 Å². The van der Waals surface area contributed by atoms with Gasteiger partial charge in [-0.3, -0.25) is 4.90 Å². The fourth-order valence-electron chi connectivity index (χ4n) is 3.19. The van der Waals surface area contributed by atoms with Crippen LogP contribution >= 0.6 is 0 Å². The van der Waals surface area contributed by atoms with Crippen LogP contribution < -0.4 is 0 Å². The van der Waals surface area contributed by atoms with Crippen molar-refractivity contribution in [3.05, 3.63) is 35.9 Å². The van der Waals surface area contributed by atoms with Gasteiger partial charge in [-0.15, -0.1) is 0 Å². The molecule has 4 nitrogen and oxygen atoms in total. The number of benzene rings is 1. The van der Waals surface area contributed by atoms with Crippen LogP contribution in [-0.2, 0) is 0 Å². The molecule has 1 saturated heterocycles. The molecule has 2 rings (SSSR count). The van der Waals surface area contributed by atoms with E-state index in [0.717, 1.165) is 13.1 Å². The molecule has 1 fully saturated rings. The molecule has 0 aromatic heterocycles. The molecular formula is C16H24N2O2. The van der Waals surface area contributed by atoms with Gasteiger partial charge in [0.05, 0.1) is 6.04 Å². The van der Waals surface area contributed by atoms with Crippen LogP contribution in [0.15, 0.2) is 30.3 Å². The highest BCUT2D eigenvalue weighted by Crippen LogP contribution is 2.33. The van der Waals surface area contributed by atoms with Crippen LogP contribution in [0.2, 0.25) is 0 Å². The molecule has 0 unspecified atom stereocenters. The minimum atomic E-state index is -0.835. The zero-order valence-corrected chi connectivity index (χ0v) is 12.7. The molecule has 4 heteroatoms. The molecule has 1 aromatic rings. The van der Waals surface area contributed by atoms with Crippen LogP contribution in [-0.4, -0.2) is 52.7 Å². The Labute approximate surface area is 121 Å². The van der Waals surface area contributed by atoms with Gasteiger partial charge in [0, 0.05) is 24.5 Å². The first-order chi connectivity index (χ1) is 9.30. The Bertz CT molecular complexity index is 467. The second kappa shape index (κ2) is 5.44. The molecule has 1 amide bonds. The largest absolute Gasteiger partial charge is 0.465 e. The van der Waals surface area contributed by atoms with Crippen molar-refractivity contribution in [3.8, 4) is 0 Å². The van der Waals surface area contributed by atoms with Gasteiger partial charge in [-0.25, -0.2) is 4.79 Å². The van der Waals surface area contributed by atoms with Crippen molar-refractivity contribution in [1.82, 2.24) is 9.80 Å². The molecule has 0 saturated carbocycles. The summed E-state index contributed by atoms with van der Waals surface area (Å²) < 4.78 is 0. The monoisotopic (exact) mass is 276 g/mol. The van der Waals surface area contributed by atoms with Crippen LogP contribution in [0.1, 0.15) is 32.3 Å². The average Bonchev–Trinajstić information content (AvgIpc) is 2.69. The van der Waals surface area contributed by atoms with Gasteiger partial charge >= 0.3 is 6.09 Å². The van der Waals surface area contributed by atoms with E-state index in [4.69, 9.17) is 0 Å². The first kappa shape index (κ1) is 14.9. The molecule has 0 radical (unpaired) electrons. The van der Waals surface area contributed by atoms with E-state index in [1.54, 1.807) is 4.90 Å². The fourth-order valence-corrected chi connectivity index (χ4v) is 3.19. The number of hydrogen-bond donors (Lipinski definition) is 1. The third-order valence-corrected chi connectivity index (χ3v) is 3.96. The summed E-state index contributed by atoms with van der Waals surface area (Å²) in [6, 6.07) is 10.2. The molecule has 2 atom stereocenters. The highest BCUT2D eigenvalue weighted by atomic mass is 16.4. The molecule has 1 aliphatic heterocycles. The van der Waals surface area contributed by atoms with E-state index >= 15 is 0 Å². The third kappa shape index (κ3) is 2.96. The smallest absolute Gasteiger partial charge is 0.408 e. The van der Waals surface area contributed by atoms with Gasteiger partial charge < -0.3 is 10.0 Å². The summed E-state index contributed by atoms with van der Waals surface area (Å²) in [5.74, 6) is 0.233. The second-order valence-corrected chi connectivity index (χ2v) is 6.63. The topological polar surface area (TPSA) is 43.8 Å². The quantitative estimate of drug-likeness (QED) is 0.903. The average molecular weight is 276 g/mol. The van der Waals surface area contributed by atoms with Crippen molar-refractivity contribution in [2.45, 2.75) is 38.3 Å². The third-order valence-electron chi connectivity index (χ3n) is 3.96. The van der Waals surface area contributed by atoms with Gasteiger partial charge in [0.25, 0.3) is 0 Å². The van der Waals surface area contributed by atoms with Crippen LogP contribution in [0.5, 0.6) is 0 Å². The van der Waals surface area contributed by atoms with Crippen molar-refractivity contribution >= 4 is 6.09 Å². The van der Waals surface area contributed by atoms with Crippen molar-refractivity contribution in [3.63, 3.8) is 0 Å². The van der Waals surface area contributed by atoms with E-state index in [1.807, 2.05) is 39.0 Å². The Hall–Kier alpha value is -1.55. The minimum Gasteiger partial charge on any atom is -0.465 e. The number of carbonyl (C=O) groups is 1. The highest BCUT2D eigenvalue weighted by molar-refractivity contribution is 5.67. The van der Waals surface area contributed by atoms with Crippen LogP contribution in [0.3, 0.4) is 0 Å². The van der Waals surface area contributed by atoms with E-state index in [0.29, 0.717) is 0 Å². The van der Waals surface area contributed by atoms with E-state index in [2.05, 4.69) is 24.1 Å². The predicted octanol–water partition coefficient (Wildman–Crippen LogP) is 2.86. The first-order valence-corrected chi connectivity index (χ1v) is 7.06. The number of carboxylic acid groups (broad SMARTS) is 1. The van der Waals surface area contributed by atoms with Crippen molar-refractivity contribution in [2.75, 3.05) is 20.1 Å². The Morgan fingerprint density at radius 2 is 1.85 bits per heavy atom. The Morgan fingerprint density at radius 3 is 2.35 bits per heavy atom. The van der Waals surface area contributed by atoms with Gasteiger partial charge in [0.15, 0.2) is 0 Å². The molecule has 0 bridgehead atoms. The maximum atomic E-state index is 11.7. The standard InChI is InChI=1S/C16H24N2O2/c1-16(2,3)18(15(19)20)14-11-17(4)10-13(14)12-8-6-5-7-9-12/h5-9,13-14H,10-11H2,1-4H3,(H,19,20)/t13-,14+/m0/s1. The lowest BCUT2D eigenvalue weighted by Crippen LogP contribution is -2.53. The lowest BCUT2D eigenvalue weighted by molar-refractivity contribution is 0.0686. The SMILES string of the molecule is CN1C[C@@H](N(C(=O)O)C(C)(C)C)[C@H](c2ccccc2)C1. The maximum Gasteiger partial charge on any atom is 0.408 e. The zero-order valence-electron chi connectivity index (χ0n) is 12.7. The summed E-state index contributed by atoms with van der Waals surface area (Å²) in [7, 11) is 2.05. The summed E-state index contributed by atoms with van der Waals surface area (Å²) >= 11 is 0. The molecule has 1 aromatic carbocycles. The number of hydrogen-bond acceptors (Lipinski definition) is 2. The Balaban J connectivity index is 2.35. The van der Waals surface area contributed by atoms with Crippen molar-refractivity contribution in [1.29, 1.82) is 0 Å². The normalized spacial score (nSPS) is 23.8. The molecule has 0 aliphatic carbocycles. The summed E-state index contributed by atoms with van der Waals surface area (Å²) in [5, 5.41) is 9.63. The van der Waals surface area contributed by atoms with Gasteiger partial charge in [-0.2, -0.15) is 0 Å². The second-order valence-electron chi connectivity index (χ2n) is 6.63. The molecule has 20 heavy (non-hydrogen) atoms. The molecular weight excluding hydrogens is 252 g/mol. The Kier molecular flexibility index (Phi) is 4.04. The van der Waals surface area contributed by atoms with E-state index in [-0.39, 0.29) is 12.0 Å². The minimum absolute atomic E-state index is 0.0000926. The molecule has 1 N–H and O–H groups in total. The van der Waals surface area contributed by atoms with E-state index in [1.165, 1.54) is 5.56 Å². The summed E-state index contributed by atoms with van der Waals surface area (Å²) in [6.45, 7) is 7.56. The molecule has 1 heterocycles. The number of likely N-dealkylation sites (tertiary alicyclic amines) is 1. The van der Waals surface area contributed by atoms with E-state index < -0.39 is 11.6 Å². The van der Waals surface area contributed by atoms with Gasteiger partial charge in [-0.05, 0) is 33.4 Å². The molecule has 1 aliphatic rings. The van der Waals surface area contributed by atoms with Crippen LogP contribution in [0, 0.1) is 0 Å². The van der Waals surface area contributed by atoms with Gasteiger partial charge in [0.1, 0.15) is 0 Å². The van der Waals surface area contributed by atoms with Gasteiger partial charge in [0.2, 0.25) is 0 Å². The summed E-state index contributed by atoms with van der Waals surface area (Å²) in [6.07, 6.45) is -0.835. The summed E-state index contributed by atoms with van der Waals surface area (Å²) in [5.41, 5.74) is 0.826. The molecule has 0 spiro atoms. The van der Waals surface area contributed by atoms with Crippen LogP contribution in [0.4, 0.5) is 4.79 Å². The summed E-state index contributed by atoms with van der Waals surface area (Å²) in [4.78, 5) is 15.6. The predicted molar refractivity (Wildman–Crippen MR) is 80.1 cm³/mol.